The summed E-state index contributed by atoms with van der Waals surface area (Å²) in [7, 11) is 0. The van der Waals surface area contributed by atoms with Gasteiger partial charge in [0.2, 0.25) is 0 Å². The van der Waals surface area contributed by atoms with E-state index in [2.05, 4.69) is 10.3 Å². The molecule has 0 saturated heterocycles. The lowest BCUT2D eigenvalue weighted by Gasteiger charge is -2.17. The molecule has 1 aromatic heterocycles. The largest absolute Gasteiger partial charge is 0.363 e. The van der Waals surface area contributed by atoms with Crippen LogP contribution in [-0.4, -0.2) is 17.6 Å². The molecule has 0 bridgehead atoms. The van der Waals surface area contributed by atoms with E-state index in [0.717, 1.165) is 18.9 Å². The highest BCUT2D eigenvalue weighted by Gasteiger charge is 2.31. The summed E-state index contributed by atoms with van der Waals surface area (Å²) in [5.74, 6) is -0.0305. The SMILES string of the molecule is N#Cc1cc(F)c(NC(CN)C2CC2)nc1Cl. The molecule has 0 aromatic carbocycles. The molecule has 17 heavy (non-hydrogen) atoms. The molecule has 1 aromatic rings. The van der Waals surface area contributed by atoms with Crippen LogP contribution < -0.4 is 11.1 Å². The molecular weight excluding hydrogens is 243 g/mol. The molecule has 1 aliphatic rings. The van der Waals surface area contributed by atoms with Gasteiger partial charge in [0.15, 0.2) is 11.6 Å². The first kappa shape index (κ1) is 12.1. The first-order valence-corrected chi connectivity index (χ1v) is 5.76. The first-order chi connectivity index (χ1) is 8.15. The third-order valence-electron chi connectivity index (χ3n) is 2.82. The fourth-order valence-corrected chi connectivity index (χ4v) is 1.87. The van der Waals surface area contributed by atoms with Gasteiger partial charge in [-0.25, -0.2) is 9.37 Å². The number of pyridine rings is 1. The lowest BCUT2D eigenvalue weighted by molar-refractivity contribution is 0.601. The number of halogens is 2. The van der Waals surface area contributed by atoms with Gasteiger partial charge in [0, 0.05) is 12.6 Å². The number of nitriles is 1. The van der Waals surface area contributed by atoms with Crippen molar-refractivity contribution in [2.75, 3.05) is 11.9 Å². The summed E-state index contributed by atoms with van der Waals surface area (Å²) in [5, 5.41) is 11.6. The molecule has 1 unspecified atom stereocenters. The summed E-state index contributed by atoms with van der Waals surface area (Å²) in [6.45, 7) is 0.420. The lowest BCUT2D eigenvalue weighted by Crippen LogP contribution is -2.31. The van der Waals surface area contributed by atoms with Gasteiger partial charge in [0.1, 0.15) is 11.2 Å². The second-order valence-electron chi connectivity index (χ2n) is 4.09. The fraction of sp³-hybridized carbons (Fsp3) is 0.455. The third kappa shape index (κ3) is 2.65. The van der Waals surface area contributed by atoms with Crippen LogP contribution in [0.2, 0.25) is 5.15 Å². The van der Waals surface area contributed by atoms with E-state index in [1.165, 1.54) is 0 Å². The van der Waals surface area contributed by atoms with Crippen molar-refractivity contribution in [2.45, 2.75) is 18.9 Å². The van der Waals surface area contributed by atoms with Crippen LogP contribution in [0.3, 0.4) is 0 Å². The van der Waals surface area contributed by atoms with Crippen LogP contribution in [0, 0.1) is 23.1 Å². The number of hydrogen-bond acceptors (Lipinski definition) is 4. The van der Waals surface area contributed by atoms with Crippen molar-refractivity contribution in [2.24, 2.45) is 11.7 Å². The van der Waals surface area contributed by atoms with E-state index >= 15 is 0 Å². The lowest BCUT2D eigenvalue weighted by atomic mass is 10.2. The zero-order valence-corrected chi connectivity index (χ0v) is 9.84. The number of nitrogens with two attached hydrogens (primary N) is 1. The predicted molar refractivity (Wildman–Crippen MR) is 63.1 cm³/mol. The van der Waals surface area contributed by atoms with Gasteiger partial charge in [-0.1, -0.05) is 11.6 Å². The topological polar surface area (TPSA) is 74.7 Å². The summed E-state index contributed by atoms with van der Waals surface area (Å²) in [4.78, 5) is 3.84. The average molecular weight is 255 g/mol. The van der Waals surface area contributed by atoms with Crippen molar-refractivity contribution in [3.05, 3.63) is 22.6 Å². The zero-order valence-electron chi connectivity index (χ0n) is 9.08. The number of nitrogens with zero attached hydrogens (tertiary/aromatic N) is 2. The molecule has 1 fully saturated rings. The molecule has 1 aliphatic carbocycles. The van der Waals surface area contributed by atoms with Gasteiger partial charge in [-0.3, -0.25) is 0 Å². The molecule has 90 valence electrons. The monoisotopic (exact) mass is 254 g/mol. The molecule has 0 radical (unpaired) electrons. The van der Waals surface area contributed by atoms with E-state index in [0.29, 0.717) is 12.5 Å². The van der Waals surface area contributed by atoms with Crippen LogP contribution in [0.15, 0.2) is 6.07 Å². The molecule has 1 heterocycles. The highest BCUT2D eigenvalue weighted by Crippen LogP contribution is 2.34. The molecule has 0 aliphatic heterocycles. The van der Waals surface area contributed by atoms with Crippen LogP contribution in [-0.2, 0) is 0 Å². The number of rotatable bonds is 4. The van der Waals surface area contributed by atoms with Gasteiger partial charge in [0.05, 0.1) is 5.56 Å². The second-order valence-corrected chi connectivity index (χ2v) is 4.45. The maximum Gasteiger partial charge on any atom is 0.166 e. The van der Waals surface area contributed by atoms with Crippen LogP contribution in [0.25, 0.3) is 0 Å². The Morgan fingerprint density at radius 2 is 2.41 bits per heavy atom. The molecule has 3 N–H and O–H groups in total. The Labute approximate surface area is 104 Å². The molecular formula is C11H12ClFN4. The number of hydrogen-bond donors (Lipinski definition) is 2. The van der Waals surface area contributed by atoms with E-state index in [1.54, 1.807) is 6.07 Å². The van der Waals surface area contributed by atoms with Gasteiger partial charge in [0.25, 0.3) is 0 Å². The molecule has 1 atom stereocenters. The van der Waals surface area contributed by atoms with Crippen molar-refractivity contribution in [3.8, 4) is 6.07 Å². The Kier molecular flexibility index (Phi) is 3.46. The Morgan fingerprint density at radius 1 is 1.71 bits per heavy atom. The number of nitrogens with one attached hydrogen (secondary N) is 1. The van der Waals surface area contributed by atoms with Crippen LogP contribution in [0.4, 0.5) is 10.2 Å². The standard InChI is InChI=1S/C11H12ClFN4/c12-10-7(4-14)3-8(13)11(17-10)16-9(5-15)6-1-2-6/h3,6,9H,1-2,5,15H2,(H,16,17). The fourth-order valence-electron chi connectivity index (χ4n) is 1.69. The van der Waals surface area contributed by atoms with Crippen molar-refractivity contribution in [1.82, 2.24) is 4.98 Å². The average Bonchev–Trinajstić information content (AvgIpc) is 3.13. The highest BCUT2D eigenvalue weighted by molar-refractivity contribution is 6.30. The summed E-state index contributed by atoms with van der Waals surface area (Å²) in [6.07, 6.45) is 2.20. The van der Waals surface area contributed by atoms with E-state index < -0.39 is 5.82 Å². The van der Waals surface area contributed by atoms with Crippen molar-refractivity contribution in [1.29, 1.82) is 5.26 Å². The minimum atomic E-state index is -0.579. The minimum Gasteiger partial charge on any atom is -0.363 e. The van der Waals surface area contributed by atoms with E-state index in [9.17, 15) is 4.39 Å². The van der Waals surface area contributed by atoms with Crippen molar-refractivity contribution >= 4 is 17.4 Å². The summed E-state index contributed by atoms with van der Waals surface area (Å²) < 4.78 is 13.6. The van der Waals surface area contributed by atoms with Gasteiger partial charge in [-0.2, -0.15) is 5.26 Å². The molecule has 2 rings (SSSR count). The van der Waals surface area contributed by atoms with Crippen LogP contribution >= 0.6 is 11.6 Å². The Hall–Kier alpha value is -1.38. The van der Waals surface area contributed by atoms with Crippen LogP contribution in [0.5, 0.6) is 0 Å². The number of anilines is 1. The summed E-state index contributed by atoms with van der Waals surface area (Å²) in [6, 6.07) is 2.88. The van der Waals surface area contributed by atoms with Gasteiger partial charge >= 0.3 is 0 Å². The minimum absolute atomic E-state index is 0.00275. The normalized spacial score (nSPS) is 16.4. The Bertz CT molecular complexity index is 467. The second kappa shape index (κ2) is 4.86. The van der Waals surface area contributed by atoms with Crippen molar-refractivity contribution in [3.63, 3.8) is 0 Å². The first-order valence-electron chi connectivity index (χ1n) is 5.38. The summed E-state index contributed by atoms with van der Waals surface area (Å²) in [5.41, 5.74) is 5.64. The van der Waals surface area contributed by atoms with Gasteiger partial charge < -0.3 is 11.1 Å². The van der Waals surface area contributed by atoms with E-state index in [4.69, 9.17) is 22.6 Å². The quantitative estimate of drug-likeness (QED) is 0.805. The molecule has 0 amide bonds. The Balaban J connectivity index is 2.20. The highest BCUT2D eigenvalue weighted by atomic mass is 35.5. The number of aromatic nitrogens is 1. The van der Waals surface area contributed by atoms with Crippen molar-refractivity contribution < 1.29 is 4.39 Å². The molecule has 4 nitrogen and oxygen atoms in total. The zero-order chi connectivity index (χ0) is 12.4. The van der Waals surface area contributed by atoms with Gasteiger partial charge in [-0.15, -0.1) is 0 Å². The maximum absolute atomic E-state index is 13.6. The Morgan fingerprint density at radius 3 is 2.94 bits per heavy atom. The van der Waals surface area contributed by atoms with Gasteiger partial charge in [-0.05, 0) is 24.8 Å². The molecule has 6 heteroatoms. The van der Waals surface area contributed by atoms with Crippen LogP contribution in [0.1, 0.15) is 18.4 Å². The third-order valence-corrected chi connectivity index (χ3v) is 3.11. The smallest absolute Gasteiger partial charge is 0.166 e. The molecule has 0 spiro atoms. The van der Waals surface area contributed by atoms with E-state index in [1.807, 2.05) is 0 Å². The predicted octanol–water partition coefficient (Wildman–Crippen LogP) is 1.89. The maximum atomic E-state index is 13.6. The molecule has 1 saturated carbocycles. The summed E-state index contributed by atoms with van der Waals surface area (Å²) >= 11 is 5.75. The van der Waals surface area contributed by atoms with E-state index in [-0.39, 0.29) is 22.6 Å².